The van der Waals surface area contributed by atoms with E-state index in [1.165, 1.54) is 11.8 Å². The molecule has 0 aliphatic heterocycles. The minimum Gasteiger partial charge on any atom is -0.480 e. The summed E-state index contributed by atoms with van der Waals surface area (Å²) in [4.78, 5) is 44.8. The average molecular weight is 443 g/mol. The van der Waals surface area contributed by atoms with Gasteiger partial charge in [0.2, 0.25) is 5.91 Å². The van der Waals surface area contributed by atoms with Crippen LogP contribution in [0.1, 0.15) is 30.0 Å². The maximum atomic E-state index is 13.0. The number of fused-ring (bicyclic) bond motifs is 3. The van der Waals surface area contributed by atoms with Gasteiger partial charge in [0.25, 0.3) is 5.91 Å². The topological polar surface area (TPSA) is 124 Å². The van der Waals surface area contributed by atoms with Crippen LogP contribution < -0.4 is 10.6 Å². The lowest BCUT2D eigenvalue weighted by atomic mass is 10.0. The summed E-state index contributed by atoms with van der Waals surface area (Å²) in [5.41, 5.74) is 2.69. The van der Waals surface area contributed by atoms with Crippen molar-refractivity contribution in [3.8, 4) is 0 Å². The summed E-state index contributed by atoms with van der Waals surface area (Å²) in [6.07, 6.45) is 1.76. The van der Waals surface area contributed by atoms with Crippen LogP contribution in [0.4, 0.5) is 0 Å². The summed E-state index contributed by atoms with van der Waals surface area (Å²) in [5.74, 6) is -2.14. The maximum absolute atomic E-state index is 13.0. The minimum atomic E-state index is -1.11. The number of hydrogen-bond acceptors (Lipinski definition) is 5. The van der Waals surface area contributed by atoms with Crippen LogP contribution in [0.3, 0.4) is 0 Å². The van der Waals surface area contributed by atoms with Gasteiger partial charge >= 0.3 is 5.97 Å². The highest BCUT2D eigenvalue weighted by molar-refractivity contribution is 7.98. The number of para-hydroxylation sites is 1. The highest BCUT2D eigenvalue weighted by Crippen LogP contribution is 2.27. The second kappa shape index (κ2) is 9.38. The fraction of sp³-hybridized carbons (Fsp3) is 0.364. The lowest BCUT2D eigenvalue weighted by Gasteiger charge is -2.23. The number of hydrogen-bond donors (Lipinski definition) is 4. The molecular formula is C22H26N4O4S. The zero-order valence-electron chi connectivity index (χ0n) is 17.9. The van der Waals surface area contributed by atoms with Crippen LogP contribution in [0.15, 0.2) is 30.3 Å². The molecule has 31 heavy (non-hydrogen) atoms. The number of nitrogens with zero attached hydrogens (tertiary/aromatic N) is 1. The van der Waals surface area contributed by atoms with Gasteiger partial charge < -0.3 is 20.7 Å². The third-order valence-corrected chi connectivity index (χ3v) is 5.76. The monoisotopic (exact) mass is 442 g/mol. The molecule has 2 atom stereocenters. The van der Waals surface area contributed by atoms with Crippen molar-refractivity contribution >= 4 is 51.4 Å². The first kappa shape index (κ1) is 22.6. The first-order valence-electron chi connectivity index (χ1n) is 9.94. The molecule has 0 aliphatic carbocycles. The Hall–Kier alpha value is -3.07. The Morgan fingerprint density at radius 2 is 1.87 bits per heavy atom. The fourth-order valence-electron chi connectivity index (χ4n) is 3.47. The predicted molar refractivity (Wildman–Crippen MR) is 122 cm³/mol. The Kier molecular flexibility index (Phi) is 6.84. The molecule has 2 heterocycles. The van der Waals surface area contributed by atoms with Crippen LogP contribution in [0, 0.1) is 12.8 Å². The number of amides is 2. The first-order valence-corrected chi connectivity index (χ1v) is 11.3. The van der Waals surface area contributed by atoms with Crippen molar-refractivity contribution in [2.75, 3.05) is 12.0 Å². The molecule has 0 aliphatic rings. The van der Waals surface area contributed by atoms with Gasteiger partial charge in [-0.05, 0) is 31.2 Å². The van der Waals surface area contributed by atoms with Gasteiger partial charge in [-0.3, -0.25) is 9.59 Å². The van der Waals surface area contributed by atoms with Gasteiger partial charge in [0.1, 0.15) is 17.8 Å². The van der Waals surface area contributed by atoms with Crippen LogP contribution in [-0.2, 0) is 9.59 Å². The number of carbonyl (C=O) groups excluding carboxylic acids is 2. The number of carboxylic acid groups (broad SMARTS) is 1. The van der Waals surface area contributed by atoms with Gasteiger partial charge in [0.05, 0.1) is 11.2 Å². The summed E-state index contributed by atoms with van der Waals surface area (Å²) in [5, 5.41) is 16.4. The molecule has 0 bridgehead atoms. The van der Waals surface area contributed by atoms with E-state index in [1.54, 1.807) is 26.2 Å². The Morgan fingerprint density at radius 3 is 2.52 bits per heavy atom. The molecule has 1 aromatic carbocycles. The van der Waals surface area contributed by atoms with Crippen LogP contribution in [0.25, 0.3) is 21.8 Å². The highest BCUT2D eigenvalue weighted by atomic mass is 32.2. The van der Waals surface area contributed by atoms with Gasteiger partial charge in [-0.15, -0.1) is 0 Å². The van der Waals surface area contributed by atoms with E-state index in [-0.39, 0.29) is 17.4 Å². The SMILES string of the molecule is CSCC(NC(=O)C(NC(=O)c1cc2c([nH]c3ccccc32)c(C)n1)C(C)C)C(=O)O. The Labute approximate surface area is 184 Å². The molecule has 9 heteroatoms. The van der Waals surface area contributed by atoms with E-state index in [4.69, 9.17) is 0 Å². The predicted octanol–water partition coefficient (Wildman–Crippen LogP) is 2.71. The Bertz CT molecular complexity index is 1140. The van der Waals surface area contributed by atoms with Crippen molar-refractivity contribution < 1.29 is 19.5 Å². The molecule has 2 unspecified atom stereocenters. The van der Waals surface area contributed by atoms with Gasteiger partial charge in [-0.2, -0.15) is 11.8 Å². The molecule has 0 saturated heterocycles. The number of pyridine rings is 1. The van der Waals surface area contributed by atoms with Gasteiger partial charge in [-0.1, -0.05) is 32.0 Å². The number of carboxylic acids is 1. The van der Waals surface area contributed by atoms with Crippen molar-refractivity contribution in [2.45, 2.75) is 32.9 Å². The third kappa shape index (κ3) is 4.82. The Morgan fingerprint density at radius 1 is 1.16 bits per heavy atom. The van der Waals surface area contributed by atoms with E-state index in [0.29, 0.717) is 5.69 Å². The quantitative estimate of drug-likeness (QED) is 0.425. The maximum Gasteiger partial charge on any atom is 0.327 e. The number of H-pyrrole nitrogens is 1. The summed E-state index contributed by atoms with van der Waals surface area (Å²) >= 11 is 1.32. The Balaban J connectivity index is 1.87. The lowest BCUT2D eigenvalue weighted by Crippen LogP contribution is -2.54. The number of aromatic nitrogens is 2. The molecule has 3 rings (SSSR count). The van der Waals surface area contributed by atoms with Crippen LogP contribution in [-0.4, -0.2) is 57.0 Å². The molecule has 164 valence electrons. The second-order valence-corrected chi connectivity index (χ2v) is 8.65. The number of benzene rings is 1. The van der Waals surface area contributed by atoms with Crippen molar-refractivity contribution in [3.63, 3.8) is 0 Å². The number of thioether (sulfide) groups is 1. The molecule has 0 saturated carbocycles. The highest BCUT2D eigenvalue weighted by Gasteiger charge is 2.29. The van der Waals surface area contributed by atoms with E-state index in [2.05, 4.69) is 20.6 Å². The van der Waals surface area contributed by atoms with Crippen molar-refractivity contribution in [3.05, 3.63) is 41.7 Å². The van der Waals surface area contributed by atoms with Crippen molar-refractivity contribution in [2.24, 2.45) is 5.92 Å². The summed E-state index contributed by atoms with van der Waals surface area (Å²) < 4.78 is 0. The molecule has 4 N–H and O–H groups in total. The van der Waals surface area contributed by atoms with E-state index in [9.17, 15) is 19.5 Å². The van der Waals surface area contributed by atoms with Crippen LogP contribution in [0.5, 0.6) is 0 Å². The summed E-state index contributed by atoms with van der Waals surface area (Å²) in [6.45, 7) is 5.40. The number of aromatic amines is 1. The first-order chi connectivity index (χ1) is 14.7. The van der Waals surface area contributed by atoms with E-state index >= 15 is 0 Å². The van der Waals surface area contributed by atoms with Gasteiger partial charge in [-0.25, -0.2) is 9.78 Å². The number of rotatable bonds is 8. The zero-order valence-corrected chi connectivity index (χ0v) is 18.7. The van der Waals surface area contributed by atoms with E-state index < -0.39 is 29.9 Å². The van der Waals surface area contributed by atoms with Crippen molar-refractivity contribution in [1.82, 2.24) is 20.6 Å². The van der Waals surface area contributed by atoms with Gasteiger partial charge in [0, 0.05) is 22.0 Å². The van der Waals surface area contributed by atoms with Crippen LogP contribution in [0.2, 0.25) is 0 Å². The summed E-state index contributed by atoms with van der Waals surface area (Å²) in [6, 6.07) is 7.58. The molecule has 0 radical (unpaired) electrons. The smallest absolute Gasteiger partial charge is 0.327 e. The standard InChI is InChI=1S/C22H26N4O4S/c1-11(2)18(21(28)25-17(10-31-4)22(29)30)26-20(27)16-9-14-13-7-5-6-8-15(13)24-19(14)12(3)23-16/h5-9,11,17-18,24H,10H2,1-4H3,(H,25,28)(H,26,27)(H,29,30). The fourth-order valence-corrected chi connectivity index (χ4v) is 4.03. The number of nitrogens with one attached hydrogen (secondary N) is 3. The molecule has 8 nitrogen and oxygen atoms in total. The molecule has 2 amide bonds. The summed E-state index contributed by atoms with van der Waals surface area (Å²) in [7, 11) is 0. The van der Waals surface area contributed by atoms with Crippen molar-refractivity contribution in [1.29, 1.82) is 0 Å². The zero-order chi connectivity index (χ0) is 22.7. The minimum absolute atomic E-state index is 0.201. The molecule has 0 fully saturated rings. The molecule has 2 aromatic heterocycles. The van der Waals surface area contributed by atoms with Gasteiger partial charge in [0.15, 0.2) is 0 Å². The average Bonchev–Trinajstić information content (AvgIpc) is 3.10. The normalized spacial score (nSPS) is 13.3. The number of aryl methyl sites for hydroxylation is 1. The van der Waals surface area contributed by atoms with E-state index in [1.807, 2.05) is 31.2 Å². The largest absolute Gasteiger partial charge is 0.480 e. The van der Waals surface area contributed by atoms with Crippen LogP contribution >= 0.6 is 11.8 Å². The number of carbonyl (C=O) groups is 3. The number of aliphatic carboxylic acids is 1. The second-order valence-electron chi connectivity index (χ2n) is 7.74. The van der Waals surface area contributed by atoms with E-state index in [0.717, 1.165) is 21.8 Å². The third-order valence-electron chi connectivity index (χ3n) is 5.09. The molecule has 0 spiro atoms. The lowest BCUT2D eigenvalue weighted by molar-refractivity contribution is -0.141. The molecular weight excluding hydrogens is 416 g/mol. The molecule has 3 aromatic rings.